The van der Waals surface area contributed by atoms with Crippen molar-refractivity contribution in [2.75, 3.05) is 0 Å². The molecule has 0 bridgehead atoms. The van der Waals surface area contributed by atoms with Crippen molar-refractivity contribution in [1.29, 1.82) is 0 Å². The fourth-order valence-corrected chi connectivity index (χ4v) is 2.49. The Morgan fingerprint density at radius 3 is 2.35 bits per heavy atom. The van der Waals surface area contributed by atoms with Crippen LogP contribution in [0.4, 0.5) is 0 Å². The first-order valence-corrected chi connectivity index (χ1v) is 7.50. The van der Waals surface area contributed by atoms with Gasteiger partial charge in [0, 0.05) is 10.6 Å². The number of benzene rings is 2. The third kappa shape index (κ3) is 2.98. The van der Waals surface area contributed by atoms with Gasteiger partial charge in [-0.15, -0.1) is 0 Å². The number of halogens is 1. The van der Waals surface area contributed by atoms with E-state index in [4.69, 9.17) is 11.6 Å². The van der Waals surface area contributed by atoms with Crippen LogP contribution in [0.25, 0.3) is 16.9 Å². The predicted octanol–water partition coefficient (Wildman–Crippen LogP) is 4.51. The summed E-state index contributed by atoms with van der Waals surface area (Å²) in [6, 6.07) is 14.7. The summed E-state index contributed by atoms with van der Waals surface area (Å²) in [7, 11) is 0. The van der Waals surface area contributed by atoms with E-state index in [9.17, 15) is 9.90 Å². The summed E-state index contributed by atoms with van der Waals surface area (Å²) in [6.07, 6.45) is 0. The maximum atomic E-state index is 11.3. The van der Waals surface area contributed by atoms with Crippen molar-refractivity contribution < 1.29 is 9.90 Å². The van der Waals surface area contributed by atoms with E-state index < -0.39 is 5.97 Å². The monoisotopic (exact) mass is 326 g/mol. The highest BCUT2D eigenvalue weighted by Crippen LogP contribution is 2.26. The van der Waals surface area contributed by atoms with Crippen LogP contribution in [0.5, 0.6) is 0 Å². The molecule has 0 spiro atoms. The van der Waals surface area contributed by atoms with Gasteiger partial charge in [0.05, 0.1) is 11.4 Å². The van der Waals surface area contributed by atoms with Crippen molar-refractivity contribution in [3.8, 4) is 16.9 Å². The molecule has 0 aliphatic rings. The third-order valence-electron chi connectivity index (χ3n) is 3.80. The first-order chi connectivity index (χ1) is 11.0. The molecule has 23 heavy (non-hydrogen) atoms. The van der Waals surface area contributed by atoms with Gasteiger partial charge >= 0.3 is 5.97 Å². The van der Waals surface area contributed by atoms with Crippen LogP contribution in [0.3, 0.4) is 0 Å². The van der Waals surface area contributed by atoms with Crippen LogP contribution in [0.15, 0.2) is 48.5 Å². The first kappa shape index (κ1) is 15.3. The van der Waals surface area contributed by atoms with Gasteiger partial charge in [-0.3, -0.25) is 0 Å². The van der Waals surface area contributed by atoms with Gasteiger partial charge in [0.25, 0.3) is 0 Å². The van der Waals surface area contributed by atoms with Gasteiger partial charge in [-0.2, -0.15) is 5.10 Å². The van der Waals surface area contributed by atoms with E-state index in [1.807, 2.05) is 44.2 Å². The molecule has 5 heteroatoms. The van der Waals surface area contributed by atoms with Gasteiger partial charge in [0.15, 0.2) is 5.69 Å². The van der Waals surface area contributed by atoms with Crippen LogP contribution in [0, 0.1) is 13.8 Å². The topological polar surface area (TPSA) is 55.1 Å². The minimum atomic E-state index is -1.05. The number of aromatic nitrogens is 2. The molecule has 0 atom stereocenters. The number of rotatable bonds is 3. The van der Waals surface area contributed by atoms with Gasteiger partial charge in [0.1, 0.15) is 0 Å². The van der Waals surface area contributed by atoms with Crippen molar-refractivity contribution in [2.24, 2.45) is 0 Å². The molecule has 2 aromatic carbocycles. The molecule has 0 aliphatic carbocycles. The lowest BCUT2D eigenvalue weighted by molar-refractivity contribution is 0.0690. The van der Waals surface area contributed by atoms with Crippen molar-refractivity contribution in [3.63, 3.8) is 0 Å². The van der Waals surface area contributed by atoms with Crippen LogP contribution in [0.2, 0.25) is 5.02 Å². The molecule has 4 nitrogen and oxygen atoms in total. The molecule has 0 radical (unpaired) electrons. The van der Waals surface area contributed by atoms with Crippen molar-refractivity contribution >= 4 is 17.6 Å². The van der Waals surface area contributed by atoms with Gasteiger partial charge < -0.3 is 5.11 Å². The Morgan fingerprint density at radius 1 is 1.04 bits per heavy atom. The summed E-state index contributed by atoms with van der Waals surface area (Å²) in [6.45, 7) is 4.05. The van der Waals surface area contributed by atoms with E-state index in [0.29, 0.717) is 10.7 Å². The maximum Gasteiger partial charge on any atom is 0.356 e. The Bertz CT molecular complexity index is 883. The molecule has 0 saturated heterocycles. The summed E-state index contributed by atoms with van der Waals surface area (Å²) in [5.74, 6) is -1.05. The molecule has 1 N–H and O–H groups in total. The molecule has 0 aliphatic heterocycles. The van der Waals surface area contributed by atoms with Gasteiger partial charge in [-0.05, 0) is 55.3 Å². The number of carbonyl (C=O) groups is 1. The van der Waals surface area contributed by atoms with Crippen LogP contribution in [-0.2, 0) is 0 Å². The molecule has 0 amide bonds. The second-order valence-electron chi connectivity index (χ2n) is 5.41. The second kappa shape index (κ2) is 5.89. The van der Waals surface area contributed by atoms with Gasteiger partial charge in [-0.1, -0.05) is 29.8 Å². The number of hydrogen-bond donors (Lipinski definition) is 1. The highest BCUT2D eigenvalue weighted by molar-refractivity contribution is 6.30. The molecule has 0 fully saturated rings. The molecule has 3 rings (SSSR count). The van der Waals surface area contributed by atoms with Crippen molar-refractivity contribution in [1.82, 2.24) is 9.78 Å². The Morgan fingerprint density at radius 2 is 1.74 bits per heavy atom. The standard InChI is InChI=1S/C18H15ClN2O2/c1-11-3-8-15(9-12(11)2)21-17(10-16(20-21)18(22)23)13-4-6-14(19)7-5-13/h3-10H,1-2H3,(H,22,23). The molecule has 116 valence electrons. The predicted molar refractivity (Wildman–Crippen MR) is 90.4 cm³/mol. The lowest BCUT2D eigenvalue weighted by Gasteiger charge is -2.10. The van der Waals surface area contributed by atoms with Crippen LogP contribution in [0.1, 0.15) is 21.6 Å². The summed E-state index contributed by atoms with van der Waals surface area (Å²) in [5.41, 5.74) is 4.69. The molecule has 0 unspecified atom stereocenters. The first-order valence-electron chi connectivity index (χ1n) is 7.12. The normalized spacial score (nSPS) is 10.7. The Hall–Kier alpha value is -2.59. The Labute approximate surface area is 139 Å². The fraction of sp³-hybridized carbons (Fsp3) is 0.111. The van der Waals surface area contributed by atoms with Crippen molar-refractivity contribution in [2.45, 2.75) is 13.8 Å². The lowest BCUT2D eigenvalue weighted by atomic mass is 10.1. The van der Waals surface area contributed by atoms with E-state index in [1.165, 1.54) is 5.56 Å². The Kier molecular flexibility index (Phi) is 3.92. The van der Waals surface area contributed by atoms with Crippen LogP contribution in [-0.4, -0.2) is 20.9 Å². The molecule has 1 aromatic heterocycles. The highest BCUT2D eigenvalue weighted by atomic mass is 35.5. The lowest BCUT2D eigenvalue weighted by Crippen LogP contribution is -2.03. The van der Waals surface area contributed by atoms with E-state index >= 15 is 0 Å². The SMILES string of the molecule is Cc1ccc(-n2nc(C(=O)O)cc2-c2ccc(Cl)cc2)cc1C. The number of nitrogens with zero attached hydrogens (tertiary/aromatic N) is 2. The molecule has 3 aromatic rings. The highest BCUT2D eigenvalue weighted by Gasteiger charge is 2.16. The Balaban J connectivity index is 2.20. The summed E-state index contributed by atoms with van der Waals surface area (Å²) >= 11 is 5.93. The van der Waals surface area contributed by atoms with E-state index in [-0.39, 0.29) is 5.69 Å². The maximum absolute atomic E-state index is 11.3. The molecular weight excluding hydrogens is 312 g/mol. The summed E-state index contributed by atoms with van der Waals surface area (Å²) < 4.78 is 1.65. The summed E-state index contributed by atoms with van der Waals surface area (Å²) in [4.78, 5) is 11.3. The van der Waals surface area contributed by atoms with Gasteiger partial charge in [-0.25, -0.2) is 9.48 Å². The molecular formula is C18H15ClN2O2. The largest absolute Gasteiger partial charge is 0.476 e. The van der Waals surface area contributed by atoms with Crippen LogP contribution >= 0.6 is 11.6 Å². The number of hydrogen-bond acceptors (Lipinski definition) is 2. The molecule has 1 heterocycles. The zero-order valence-electron chi connectivity index (χ0n) is 12.7. The van der Waals surface area contributed by atoms with Gasteiger partial charge in [0.2, 0.25) is 0 Å². The zero-order chi connectivity index (χ0) is 16.6. The average molecular weight is 327 g/mol. The van der Waals surface area contributed by atoms with E-state index in [1.54, 1.807) is 22.9 Å². The van der Waals surface area contributed by atoms with Crippen molar-refractivity contribution in [3.05, 3.63) is 70.4 Å². The van der Waals surface area contributed by atoms with E-state index in [0.717, 1.165) is 16.8 Å². The fourth-order valence-electron chi connectivity index (χ4n) is 2.37. The summed E-state index contributed by atoms with van der Waals surface area (Å²) in [5, 5.41) is 14.1. The number of aryl methyl sites for hydroxylation is 2. The minimum Gasteiger partial charge on any atom is -0.476 e. The van der Waals surface area contributed by atoms with Crippen LogP contribution < -0.4 is 0 Å². The minimum absolute atomic E-state index is 0.00757. The second-order valence-corrected chi connectivity index (χ2v) is 5.84. The number of carboxylic acids is 1. The third-order valence-corrected chi connectivity index (χ3v) is 4.06. The number of aromatic carboxylic acids is 1. The molecule has 0 saturated carbocycles. The quantitative estimate of drug-likeness (QED) is 0.770. The number of carboxylic acid groups (broad SMARTS) is 1. The average Bonchev–Trinajstić information content (AvgIpc) is 2.96. The smallest absolute Gasteiger partial charge is 0.356 e. The zero-order valence-corrected chi connectivity index (χ0v) is 13.5. The van der Waals surface area contributed by atoms with E-state index in [2.05, 4.69) is 5.10 Å².